The summed E-state index contributed by atoms with van der Waals surface area (Å²) in [5.74, 6) is -0.248. The number of hydrogen-bond donors (Lipinski definition) is 2. The van der Waals surface area contributed by atoms with Crippen LogP contribution in [0.2, 0.25) is 0 Å². The summed E-state index contributed by atoms with van der Waals surface area (Å²) in [5.41, 5.74) is -0.798. The molecule has 0 aliphatic carbocycles. The Balaban J connectivity index is 0.00000200. The van der Waals surface area contributed by atoms with Gasteiger partial charge in [0.15, 0.2) is 10.9 Å². The van der Waals surface area contributed by atoms with E-state index in [9.17, 15) is 9.59 Å². The minimum atomic E-state index is -0.798. The number of thiazole rings is 1. The monoisotopic (exact) mass is 319 g/mol. The van der Waals surface area contributed by atoms with E-state index in [0.717, 1.165) is 13.1 Å². The van der Waals surface area contributed by atoms with Crippen molar-refractivity contribution in [2.24, 2.45) is 0 Å². The number of ketones is 1. The maximum absolute atomic E-state index is 12.3. The van der Waals surface area contributed by atoms with E-state index in [1.807, 2.05) is 0 Å². The summed E-state index contributed by atoms with van der Waals surface area (Å²) >= 11 is 1.18. The lowest BCUT2D eigenvalue weighted by molar-refractivity contribution is -0.140. The highest BCUT2D eigenvalue weighted by Gasteiger charge is 2.40. The van der Waals surface area contributed by atoms with Crippen LogP contribution in [0.4, 0.5) is 5.13 Å². The van der Waals surface area contributed by atoms with Crippen molar-refractivity contribution in [1.29, 1.82) is 0 Å². The molecule has 0 saturated carbocycles. The first-order valence-electron chi connectivity index (χ1n) is 6.11. The Morgan fingerprint density at radius 1 is 1.45 bits per heavy atom. The molecule has 1 saturated heterocycles. The first-order valence-corrected chi connectivity index (χ1v) is 6.93. The summed E-state index contributed by atoms with van der Waals surface area (Å²) in [5, 5.41) is 6.37. The Kier molecular flexibility index (Phi) is 6.07. The lowest BCUT2D eigenvalue weighted by Gasteiger charge is -2.34. The van der Waals surface area contributed by atoms with Gasteiger partial charge in [-0.15, -0.1) is 12.4 Å². The minimum absolute atomic E-state index is 0. The second kappa shape index (κ2) is 7.12. The topological polar surface area (TPSA) is 80.3 Å². The van der Waals surface area contributed by atoms with Gasteiger partial charge in [0, 0.05) is 14.0 Å². The summed E-state index contributed by atoms with van der Waals surface area (Å²) in [6.07, 6.45) is 2.73. The van der Waals surface area contributed by atoms with Gasteiger partial charge in [-0.3, -0.25) is 14.9 Å². The fourth-order valence-corrected chi connectivity index (χ4v) is 2.77. The molecule has 2 N–H and O–H groups in total. The molecule has 1 aliphatic heterocycles. The van der Waals surface area contributed by atoms with Gasteiger partial charge in [-0.2, -0.15) is 0 Å². The van der Waals surface area contributed by atoms with Gasteiger partial charge in [0.05, 0.1) is 11.1 Å². The summed E-state index contributed by atoms with van der Waals surface area (Å²) in [7, 11) is 1.55. The molecule has 1 fully saturated rings. The zero-order valence-corrected chi connectivity index (χ0v) is 13.0. The number of methoxy groups -OCH3 is 1. The van der Waals surface area contributed by atoms with Crippen molar-refractivity contribution in [1.82, 2.24) is 10.3 Å². The van der Waals surface area contributed by atoms with Crippen LogP contribution in [-0.4, -0.2) is 42.5 Å². The van der Waals surface area contributed by atoms with Gasteiger partial charge in [-0.05, 0) is 25.9 Å². The molecule has 0 unspecified atom stereocenters. The molecule has 2 rings (SSSR count). The summed E-state index contributed by atoms with van der Waals surface area (Å²) in [6.45, 7) is 2.97. The molecular formula is C12H18ClN3O3S. The number of nitrogens with one attached hydrogen (secondary N) is 2. The molecule has 20 heavy (non-hydrogen) atoms. The van der Waals surface area contributed by atoms with Gasteiger partial charge < -0.3 is 10.1 Å². The quantitative estimate of drug-likeness (QED) is 0.822. The van der Waals surface area contributed by atoms with Gasteiger partial charge in [-0.1, -0.05) is 11.3 Å². The minimum Gasteiger partial charge on any atom is -0.368 e. The predicted octanol–water partition coefficient (Wildman–Crippen LogP) is 1.47. The number of ether oxygens (including phenoxy) is 1. The molecule has 0 bridgehead atoms. The van der Waals surface area contributed by atoms with Gasteiger partial charge in [-0.25, -0.2) is 4.98 Å². The Morgan fingerprint density at radius 3 is 2.60 bits per heavy atom. The van der Waals surface area contributed by atoms with Crippen LogP contribution in [0.5, 0.6) is 0 Å². The number of halogens is 1. The van der Waals surface area contributed by atoms with E-state index < -0.39 is 5.60 Å². The second-order valence-electron chi connectivity index (χ2n) is 4.49. The zero-order valence-electron chi connectivity index (χ0n) is 11.4. The van der Waals surface area contributed by atoms with Gasteiger partial charge >= 0.3 is 0 Å². The van der Waals surface area contributed by atoms with Gasteiger partial charge in [0.2, 0.25) is 0 Å². The van der Waals surface area contributed by atoms with Crippen molar-refractivity contribution in [3.05, 3.63) is 11.1 Å². The normalized spacial score (nSPS) is 17.1. The molecule has 1 aliphatic rings. The van der Waals surface area contributed by atoms with Crippen molar-refractivity contribution in [2.75, 3.05) is 25.5 Å². The van der Waals surface area contributed by atoms with Crippen molar-refractivity contribution >= 4 is 40.6 Å². The van der Waals surface area contributed by atoms with Crippen LogP contribution in [-0.2, 0) is 9.53 Å². The van der Waals surface area contributed by atoms with Gasteiger partial charge in [0.25, 0.3) is 5.91 Å². The largest absolute Gasteiger partial charge is 0.368 e. The third-order valence-electron chi connectivity index (χ3n) is 3.29. The summed E-state index contributed by atoms with van der Waals surface area (Å²) < 4.78 is 5.42. The van der Waals surface area contributed by atoms with Crippen LogP contribution in [0.1, 0.15) is 29.4 Å². The first kappa shape index (κ1) is 17.0. The molecule has 0 spiro atoms. The highest BCUT2D eigenvalue weighted by atomic mass is 35.5. The molecule has 112 valence electrons. The number of amides is 1. The molecule has 2 heterocycles. The molecule has 1 amide bonds. The average Bonchev–Trinajstić information content (AvgIpc) is 2.88. The summed E-state index contributed by atoms with van der Waals surface area (Å²) in [4.78, 5) is 28.1. The maximum atomic E-state index is 12.3. The smallest absolute Gasteiger partial charge is 0.258 e. The Morgan fingerprint density at radius 2 is 2.10 bits per heavy atom. The van der Waals surface area contributed by atoms with Crippen LogP contribution >= 0.6 is 23.7 Å². The third-order valence-corrected chi connectivity index (χ3v) is 4.30. The van der Waals surface area contributed by atoms with Crippen molar-refractivity contribution < 1.29 is 14.3 Å². The van der Waals surface area contributed by atoms with Crippen molar-refractivity contribution in [2.45, 2.75) is 25.4 Å². The number of piperidine rings is 1. The number of rotatable bonds is 4. The number of anilines is 1. The maximum Gasteiger partial charge on any atom is 0.258 e. The second-order valence-corrected chi connectivity index (χ2v) is 5.52. The highest BCUT2D eigenvalue weighted by Crippen LogP contribution is 2.26. The molecule has 0 radical (unpaired) electrons. The molecule has 6 nitrogen and oxygen atoms in total. The van der Waals surface area contributed by atoms with E-state index in [0.29, 0.717) is 22.9 Å². The SMILES string of the molecule is COC1(C(=O)Nc2ncc(C(C)=O)s2)CCNCC1.Cl. The molecule has 0 aromatic carbocycles. The van der Waals surface area contributed by atoms with Crippen LogP contribution in [0.3, 0.4) is 0 Å². The molecule has 1 aromatic rings. The molecule has 8 heteroatoms. The number of aromatic nitrogens is 1. The Bertz CT molecular complexity index is 486. The fourth-order valence-electron chi connectivity index (χ4n) is 2.06. The van der Waals surface area contributed by atoms with E-state index in [-0.39, 0.29) is 24.1 Å². The molecule has 1 aromatic heterocycles. The number of carbonyl (C=O) groups is 2. The average molecular weight is 320 g/mol. The Hall–Kier alpha value is -1.02. The summed E-state index contributed by atoms with van der Waals surface area (Å²) in [6, 6.07) is 0. The van der Waals surface area contributed by atoms with Crippen molar-refractivity contribution in [3.8, 4) is 0 Å². The van der Waals surface area contributed by atoms with Crippen LogP contribution in [0.15, 0.2) is 6.20 Å². The number of Topliss-reactive ketones (excluding diaryl/α,β-unsaturated/α-hetero) is 1. The lowest BCUT2D eigenvalue weighted by atomic mass is 9.91. The van der Waals surface area contributed by atoms with E-state index in [1.54, 1.807) is 7.11 Å². The standard InChI is InChI=1S/C12H17N3O3S.ClH/c1-8(16)9-7-14-11(19-9)15-10(17)12(18-2)3-5-13-6-4-12;/h7,13H,3-6H2,1-2H3,(H,14,15,17);1H. The van der Waals surface area contributed by atoms with Crippen LogP contribution in [0.25, 0.3) is 0 Å². The van der Waals surface area contributed by atoms with E-state index in [1.165, 1.54) is 24.5 Å². The van der Waals surface area contributed by atoms with Crippen LogP contribution in [0, 0.1) is 0 Å². The fraction of sp³-hybridized carbons (Fsp3) is 0.583. The number of carbonyl (C=O) groups excluding carboxylic acids is 2. The third kappa shape index (κ3) is 3.54. The number of hydrogen-bond acceptors (Lipinski definition) is 6. The first-order chi connectivity index (χ1) is 9.07. The Labute approximate surface area is 127 Å². The predicted molar refractivity (Wildman–Crippen MR) is 79.8 cm³/mol. The van der Waals surface area contributed by atoms with E-state index >= 15 is 0 Å². The zero-order chi connectivity index (χ0) is 13.9. The number of nitrogens with zero attached hydrogens (tertiary/aromatic N) is 1. The van der Waals surface area contributed by atoms with E-state index in [4.69, 9.17) is 4.74 Å². The van der Waals surface area contributed by atoms with E-state index in [2.05, 4.69) is 15.6 Å². The lowest BCUT2D eigenvalue weighted by Crippen LogP contribution is -2.51. The van der Waals surface area contributed by atoms with Crippen LogP contribution < -0.4 is 10.6 Å². The molecule has 0 atom stereocenters. The highest BCUT2D eigenvalue weighted by molar-refractivity contribution is 7.17. The van der Waals surface area contributed by atoms with Crippen molar-refractivity contribution in [3.63, 3.8) is 0 Å². The molecular weight excluding hydrogens is 302 g/mol. The van der Waals surface area contributed by atoms with Gasteiger partial charge in [0.1, 0.15) is 5.60 Å².